The summed E-state index contributed by atoms with van der Waals surface area (Å²) in [5, 5.41) is 6.84. The van der Waals surface area contributed by atoms with Gasteiger partial charge in [0, 0.05) is 32.0 Å². The molecule has 5 heterocycles. The largest absolute Gasteiger partial charge is 0.365 e. The molecule has 0 aliphatic carbocycles. The predicted molar refractivity (Wildman–Crippen MR) is 97.5 cm³/mol. The Hall–Kier alpha value is -2.43. The number of likely N-dealkylation sites (tertiary alicyclic amines) is 1. The predicted octanol–water partition coefficient (Wildman–Crippen LogP) is 0.0693. The summed E-state index contributed by atoms with van der Waals surface area (Å²) >= 11 is 0. The van der Waals surface area contributed by atoms with Crippen LogP contribution in [0.2, 0.25) is 0 Å². The fourth-order valence-electron chi connectivity index (χ4n) is 4.54. The molecule has 3 saturated heterocycles. The van der Waals surface area contributed by atoms with Gasteiger partial charge in [0.2, 0.25) is 10.0 Å². The van der Waals surface area contributed by atoms with Crippen molar-refractivity contribution in [3.8, 4) is 0 Å². The van der Waals surface area contributed by atoms with Gasteiger partial charge in [0.1, 0.15) is 10.9 Å². The van der Waals surface area contributed by atoms with Crippen molar-refractivity contribution in [3.63, 3.8) is 0 Å². The Labute approximate surface area is 162 Å². The number of hydrogen-bond acceptors (Lipinski definition) is 7. The van der Waals surface area contributed by atoms with Gasteiger partial charge in [-0.1, -0.05) is 0 Å². The summed E-state index contributed by atoms with van der Waals surface area (Å²) in [6, 6.07) is 5.22. The third-order valence-corrected chi connectivity index (χ3v) is 8.06. The number of carbonyl (C=O) groups excluding carboxylic acids is 1. The molecule has 28 heavy (non-hydrogen) atoms. The van der Waals surface area contributed by atoms with Gasteiger partial charge >= 0.3 is 0 Å². The molecule has 3 fully saturated rings. The van der Waals surface area contributed by atoms with Crippen molar-refractivity contribution in [2.24, 2.45) is 0 Å². The topological polar surface area (TPSA) is 106 Å². The highest BCUT2D eigenvalue weighted by Gasteiger charge is 2.65. The van der Waals surface area contributed by atoms with Gasteiger partial charge in [-0.15, -0.1) is 0 Å². The Morgan fingerprint density at radius 1 is 1.18 bits per heavy atom. The van der Waals surface area contributed by atoms with Crippen LogP contribution in [0.5, 0.6) is 0 Å². The van der Waals surface area contributed by atoms with Crippen LogP contribution >= 0.6 is 0 Å². The van der Waals surface area contributed by atoms with Crippen molar-refractivity contribution < 1.29 is 17.9 Å². The van der Waals surface area contributed by atoms with Gasteiger partial charge in [-0.2, -0.15) is 14.5 Å². The average Bonchev–Trinajstić information content (AvgIpc) is 3.08. The van der Waals surface area contributed by atoms with Crippen LogP contribution in [0.15, 0.2) is 43.0 Å². The highest BCUT2D eigenvalue weighted by molar-refractivity contribution is 7.90. The Balaban J connectivity index is 1.42. The first-order valence-electron chi connectivity index (χ1n) is 9.10. The summed E-state index contributed by atoms with van der Waals surface area (Å²) in [4.78, 5) is 18.5. The fourth-order valence-corrected chi connectivity index (χ4v) is 6.83. The lowest BCUT2D eigenvalue weighted by Crippen LogP contribution is -2.56. The summed E-state index contributed by atoms with van der Waals surface area (Å²) in [6.07, 6.45) is 6.33. The Morgan fingerprint density at radius 2 is 2.00 bits per heavy atom. The Kier molecular flexibility index (Phi) is 3.97. The third-order valence-electron chi connectivity index (χ3n) is 5.74. The van der Waals surface area contributed by atoms with E-state index in [4.69, 9.17) is 4.74 Å². The van der Waals surface area contributed by atoms with Gasteiger partial charge in [-0.25, -0.2) is 8.42 Å². The van der Waals surface area contributed by atoms with E-state index in [1.54, 1.807) is 35.5 Å². The second kappa shape index (κ2) is 6.29. The molecule has 2 aromatic rings. The number of fused-ring (bicyclic) bond motifs is 1. The van der Waals surface area contributed by atoms with Gasteiger partial charge in [0.15, 0.2) is 0 Å². The highest BCUT2D eigenvalue weighted by atomic mass is 32.2. The van der Waals surface area contributed by atoms with Crippen LogP contribution in [0.25, 0.3) is 0 Å². The first-order valence-corrected chi connectivity index (χ1v) is 10.6. The number of morpholine rings is 1. The quantitative estimate of drug-likeness (QED) is 0.716. The van der Waals surface area contributed by atoms with Gasteiger partial charge < -0.3 is 9.64 Å². The van der Waals surface area contributed by atoms with E-state index < -0.39 is 20.9 Å². The normalized spacial score (nSPS) is 30.9. The van der Waals surface area contributed by atoms with E-state index in [0.717, 1.165) is 5.56 Å². The number of nitrogens with zero attached hydrogens (tertiary/aromatic N) is 5. The van der Waals surface area contributed by atoms with E-state index in [1.807, 2.05) is 0 Å². The molecule has 2 bridgehead atoms. The Bertz CT molecular complexity index is 1000. The van der Waals surface area contributed by atoms with Crippen LogP contribution in [-0.4, -0.2) is 75.3 Å². The Morgan fingerprint density at radius 3 is 2.75 bits per heavy atom. The van der Waals surface area contributed by atoms with E-state index in [-0.39, 0.29) is 31.6 Å². The molecule has 3 atom stereocenters. The molecule has 9 nitrogen and oxygen atoms in total. The molecule has 10 heteroatoms. The van der Waals surface area contributed by atoms with E-state index in [0.29, 0.717) is 18.5 Å². The van der Waals surface area contributed by atoms with Crippen molar-refractivity contribution in [1.29, 1.82) is 0 Å². The van der Waals surface area contributed by atoms with E-state index >= 15 is 0 Å². The van der Waals surface area contributed by atoms with Gasteiger partial charge in [0.05, 0.1) is 30.6 Å². The van der Waals surface area contributed by atoms with Gasteiger partial charge in [-0.05, 0) is 30.2 Å². The molecule has 0 aromatic carbocycles. The summed E-state index contributed by atoms with van der Waals surface area (Å²) in [7, 11) is -3.51. The molecule has 1 spiro atoms. The lowest BCUT2D eigenvalue weighted by molar-refractivity contribution is -0.0980. The van der Waals surface area contributed by atoms with Crippen LogP contribution in [-0.2, 0) is 21.3 Å². The molecule has 3 aliphatic rings. The number of amides is 1. The molecular weight excluding hydrogens is 382 g/mol. The molecule has 0 N–H and O–H groups in total. The van der Waals surface area contributed by atoms with Crippen molar-refractivity contribution >= 4 is 15.9 Å². The molecule has 0 saturated carbocycles. The smallest absolute Gasteiger partial charge is 0.255 e. The minimum absolute atomic E-state index is 0.173. The fraction of sp³-hybridized carbons (Fsp3) is 0.444. The number of hydrogen-bond donors (Lipinski definition) is 0. The number of sulfonamides is 1. The minimum atomic E-state index is -3.51. The number of carbonyl (C=O) groups is 1. The minimum Gasteiger partial charge on any atom is -0.365 e. The van der Waals surface area contributed by atoms with Crippen molar-refractivity contribution in [3.05, 3.63) is 54.1 Å². The first-order chi connectivity index (χ1) is 13.5. The molecule has 2 aromatic heterocycles. The van der Waals surface area contributed by atoms with Crippen LogP contribution in [0.1, 0.15) is 22.3 Å². The number of aromatic nitrogens is 3. The molecule has 3 aliphatic heterocycles. The number of ether oxygens (including phenoxy) is 1. The van der Waals surface area contributed by atoms with Crippen LogP contribution < -0.4 is 0 Å². The van der Waals surface area contributed by atoms with Crippen LogP contribution in [0, 0.1) is 0 Å². The molecule has 146 valence electrons. The second-order valence-electron chi connectivity index (χ2n) is 7.51. The second-order valence-corrected chi connectivity index (χ2v) is 9.63. The summed E-state index contributed by atoms with van der Waals surface area (Å²) in [5.41, 5.74) is 0.432. The lowest BCUT2D eigenvalue weighted by Gasteiger charge is -2.39. The van der Waals surface area contributed by atoms with Crippen molar-refractivity contribution in [2.45, 2.75) is 29.9 Å². The van der Waals surface area contributed by atoms with E-state index in [9.17, 15) is 13.2 Å². The van der Waals surface area contributed by atoms with Crippen LogP contribution in [0.4, 0.5) is 0 Å². The zero-order valence-electron chi connectivity index (χ0n) is 15.0. The van der Waals surface area contributed by atoms with E-state index in [2.05, 4.69) is 15.2 Å². The van der Waals surface area contributed by atoms with Gasteiger partial charge in [0.25, 0.3) is 5.91 Å². The third kappa shape index (κ3) is 2.71. The summed E-state index contributed by atoms with van der Waals surface area (Å²) in [6.45, 7) is 1.16. The summed E-state index contributed by atoms with van der Waals surface area (Å²) in [5.74, 6) is -0.173. The van der Waals surface area contributed by atoms with Crippen LogP contribution in [0.3, 0.4) is 0 Å². The SMILES string of the molecule is O=C(c1ccnnc1)N1C[C@@H]2C[C@@H]3[C@@](C1)(CN(Cc1ccncc1)S3(=O)=O)O2. The zero-order valence-corrected chi connectivity index (χ0v) is 15.8. The summed E-state index contributed by atoms with van der Waals surface area (Å²) < 4.78 is 34.0. The van der Waals surface area contributed by atoms with Gasteiger partial charge in [-0.3, -0.25) is 9.78 Å². The van der Waals surface area contributed by atoms with Crippen molar-refractivity contribution in [1.82, 2.24) is 24.4 Å². The molecule has 0 unspecified atom stereocenters. The first kappa shape index (κ1) is 17.7. The molecule has 1 amide bonds. The van der Waals surface area contributed by atoms with Crippen molar-refractivity contribution in [2.75, 3.05) is 19.6 Å². The average molecular weight is 401 g/mol. The lowest BCUT2D eigenvalue weighted by atomic mass is 9.99. The monoisotopic (exact) mass is 401 g/mol. The highest BCUT2D eigenvalue weighted by Crippen LogP contribution is 2.47. The molecule has 0 radical (unpaired) electrons. The number of pyridine rings is 1. The molecule has 5 rings (SSSR count). The maximum absolute atomic E-state index is 13.2. The number of rotatable bonds is 3. The maximum Gasteiger partial charge on any atom is 0.255 e. The zero-order chi connectivity index (χ0) is 19.4. The molecular formula is C18H19N5O4S. The maximum atomic E-state index is 13.2. The van der Waals surface area contributed by atoms with E-state index in [1.165, 1.54) is 16.7 Å². The standard InChI is InChI=1S/C18H19N5O4S/c24-17(14-3-6-20-21-8-14)22-10-15-7-16-18(11-22,27-15)12-23(28(16,25)26)9-13-1-4-19-5-2-13/h1-6,8,15-16H,7,9-12H2/t15-,16+,18+/m0/s1.